The predicted molar refractivity (Wildman–Crippen MR) is 77.9 cm³/mol. The van der Waals surface area contributed by atoms with Gasteiger partial charge < -0.3 is 9.88 Å². The average molecular weight is 261 g/mol. The van der Waals surface area contributed by atoms with Crippen molar-refractivity contribution in [3.05, 3.63) is 35.8 Å². The van der Waals surface area contributed by atoms with Crippen LogP contribution in [-0.2, 0) is 13.6 Å². The fourth-order valence-corrected chi connectivity index (χ4v) is 2.57. The molecule has 0 amide bonds. The molecule has 0 bridgehead atoms. The van der Waals surface area contributed by atoms with Crippen molar-refractivity contribution in [1.82, 2.24) is 14.9 Å². The molecule has 0 saturated heterocycles. The van der Waals surface area contributed by atoms with Gasteiger partial charge in [-0.05, 0) is 32.4 Å². The van der Waals surface area contributed by atoms with Gasteiger partial charge in [0.05, 0.1) is 17.9 Å². The second kappa shape index (κ2) is 5.59. The zero-order chi connectivity index (χ0) is 13.1. The summed E-state index contributed by atoms with van der Waals surface area (Å²) < 4.78 is 2.17. The Hall–Kier alpha value is -1.26. The summed E-state index contributed by atoms with van der Waals surface area (Å²) in [4.78, 5) is 5.90. The lowest BCUT2D eigenvalue weighted by molar-refractivity contribution is 0.712. The molecule has 0 aliphatic heterocycles. The maximum absolute atomic E-state index is 4.61. The van der Waals surface area contributed by atoms with E-state index in [1.807, 2.05) is 7.05 Å². The average Bonchev–Trinajstić information content (AvgIpc) is 2.65. The zero-order valence-electron chi connectivity index (χ0n) is 11.3. The van der Waals surface area contributed by atoms with Gasteiger partial charge in [0, 0.05) is 17.5 Å². The number of aryl methyl sites for hydroxylation is 1. The molecule has 0 aliphatic carbocycles. The van der Waals surface area contributed by atoms with Crippen molar-refractivity contribution in [2.75, 3.05) is 13.3 Å². The van der Waals surface area contributed by atoms with Crippen molar-refractivity contribution in [3.8, 4) is 11.3 Å². The van der Waals surface area contributed by atoms with E-state index in [4.69, 9.17) is 0 Å². The van der Waals surface area contributed by atoms with Crippen molar-refractivity contribution in [3.63, 3.8) is 0 Å². The maximum atomic E-state index is 4.61. The van der Waals surface area contributed by atoms with Crippen molar-refractivity contribution in [2.24, 2.45) is 7.05 Å². The van der Waals surface area contributed by atoms with Crippen LogP contribution in [0.1, 0.15) is 11.5 Å². The molecule has 1 aromatic carbocycles. The highest BCUT2D eigenvalue weighted by molar-refractivity contribution is 7.98. The van der Waals surface area contributed by atoms with Gasteiger partial charge in [0.15, 0.2) is 0 Å². The molecule has 2 rings (SSSR count). The molecule has 18 heavy (non-hydrogen) atoms. The Balaban J connectivity index is 2.43. The summed E-state index contributed by atoms with van der Waals surface area (Å²) in [6, 6.07) is 8.65. The summed E-state index contributed by atoms with van der Waals surface area (Å²) in [7, 11) is 4.02. The molecule has 96 valence electrons. The first-order valence-corrected chi connectivity index (χ1v) is 7.21. The lowest BCUT2D eigenvalue weighted by Gasteiger charge is -2.07. The summed E-state index contributed by atoms with van der Waals surface area (Å²) in [6.07, 6.45) is 2.09. The second-order valence-electron chi connectivity index (χ2n) is 4.28. The van der Waals surface area contributed by atoms with Gasteiger partial charge in [-0.3, -0.25) is 0 Å². The van der Waals surface area contributed by atoms with E-state index >= 15 is 0 Å². The van der Waals surface area contributed by atoms with Gasteiger partial charge >= 0.3 is 0 Å². The topological polar surface area (TPSA) is 29.9 Å². The number of hydrogen-bond acceptors (Lipinski definition) is 3. The Labute approximate surface area is 113 Å². The van der Waals surface area contributed by atoms with Crippen LogP contribution in [0.5, 0.6) is 0 Å². The van der Waals surface area contributed by atoms with E-state index in [2.05, 4.69) is 59.4 Å². The van der Waals surface area contributed by atoms with Crippen molar-refractivity contribution >= 4 is 11.8 Å². The minimum atomic E-state index is 0.792. The Morgan fingerprint density at radius 1 is 1.28 bits per heavy atom. The summed E-state index contributed by atoms with van der Waals surface area (Å²) >= 11 is 1.76. The molecule has 1 N–H and O–H groups in total. The van der Waals surface area contributed by atoms with E-state index < -0.39 is 0 Å². The normalized spacial score (nSPS) is 10.9. The van der Waals surface area contributed by atoms with Gasteiger partial charge in [0.25, 0.3) is 0 Å². The minimum Gasteiger partial charge on any atom is -0.330 e. The molecule has 1 heterocycles. The van der Waals surface area contributed by atoms with Crippen LogP contribution in [0.15, 0.2) is 29.2 Å². The molecule has 0 spiro atoms. The fourth-order valence-electron chi connectivity index (χ4n) is 2.16. The Bertz CT molecular complexity index is 529. The highest BCUT2D eigenvalue weighted by Crippen LogP contribution is 2.26. The first-order chi connectivity index (χ1) is 8.67. The third kappa shape index (κ3) is 2.44. The van der Waals surface area contributed by atoms with E-state index in [0.29, 0.717) is 0 Å². The Morgan fingerprint density at radius 3 is 2.50 bits per heavy atom. The number of nitrogens with zero attached hydrogens (tertiary/aromatic N) is 2. The Morgan fingerprint density at radius 2 is 1.94 bits per heavy atom. The first kappa shape index (κ1) is 13.2. The molecule has 2 aromatic rings. The molecule has 0 aliphatic rings. The van der Waals surface area contributed by atoms with Gasteiger partial charge in [0.1, 0.15) is 5.82 Å². The molecule has 0 saturated carbocycles. The van der Waals surface area contributed by atoms with Crippen LogP contribution < -0.4 is 5.32 Å². The van der Waals surface area contributed by atoms with Crippen LogP contribution >= 0.6 is 11.8 Å². The molecule has 0 unspecified atom stereocenters. The SMILES string of the molecule is CNCc1nc(C)c(-c2ccc(SC)cc2)n1C. The number of nitrogens with one attached hydrogen (secondary N) is 1. The summed E-state index contributed by atoms with van der Waals surface area (Å²) in [5.74, 6) is 1.07. The summed E-state index contributed by atoms with van der Waals surface area (Å²) in [5.41, 5.74) is 3.51. The standard InChI is InChI=1S/C14H19N3S/c1-10-14(17(3)13(16-10)9-15-2)11-5-7-12(18-4)8-6-11/h5-8,15H,9H2,1-4H3. The van der Waals surface area contributed by atoms with Gasteiger partial charge in [-0.2, -0.15) is 0 Å². The third-order valence-electron chi connectivity index (χ3n) is 3.06. The first-order valence-electron chi connectivity index (χ1n) is 5.98. The van der Waals surface area contributed by atoms with Crippen molar-refractivity contribution in [1.29, 1.82) is 0 Å². The van der Waals surface area contributed by atoms with Gasteiger partial charge in [-0.25, -0.2) is 4.98 Å². The molecular weight excluding hydrogens is 242 g/mol. The van der Waals surface area contributed by atoms with Crippen LogP contribution in [0.3, 0.4) is 0 Å². The molecule has 0 radical (unpaired) electrons. The quantitative estimate of drug-likeness (QED) is 0.858. The highest BCUT2D eigenvalue weighted by Gasteiger charge is 2.12. The fraction of sp³-hybridized carbons (Fsp3) is 0.357. The molecule has 0 fully saturated rings. The van der Waals surface area contributed by atoms with E-state index in [-0.39, 0.29) is 0 Å². The van der Waals surface area contributed by atoms with E-state index in [0.717, 1.165) is 18.1 Å². The number of benzene rings is 1. The number of rotatable bonds is 4. The van der Waals surface area contributed by atoms with E-state index in [1.54, 1.807) is 11.8 Å². The maximum Gasteiger partial charge on any atom is 0.123 e. The van der Waals surface area contributed by atoms with E-state index in [9.17, 15) is 0 Å². The predicted octanol–water partition coefficient (Wildman–Crippen LogP) is 2.84. The monoisotopic (exact) mass is 261 g/mol. The van der Waals surface area contributed by atoms with Crippen molar-refractivity contribution < 1.29 is 0 Å². The van der Waals surface area contributed by atoms with Crippen LogP contribution in [0.4, 0.5) is 0 Å². The number of hydrogen-bond donors (Lipinski definition) is 1. The third-order valence-corrected chi connectivity index (χ3v) is 3.80. The molecular formula is C14H19N3S. The highest BCUT2D eigenvalue weighted by atomic mass is 32.2. The van der Waals surface area contributed by atoms with Gasteiger partial charge in [-0.15, -0.1) is 11.8 Å². The number of aromatic nitrogens is 2. The van der Waals surface area contributed by atoms with Crippen LogP contribution in [0.2, 0.25) is 0 Å². The minimum absolute atomic E-state index is 0.792. The lowest BCUT2D eigenvalue weighted by atomic mass is 10.1. The van der Waals surface area contributed by atoms with E-state index in [1.165, 1.54) is 16.2 Å². The number of imidazole rings is 1. The second-order valence-corrected chi connectivity index (χ2v) is 5.16. The Kier molecular flexibility index (Phi) is 4.09. The molecule has 4 heteroatoms. The zero-order valence-corrected chi connectivity index (χ0v) is 12.1. The van der Waals surface area contributed by atoms with Gasteiger partial charge in [0.2, 0.25) is 0 Å². The van der Waals surface area contributed by atoms with Crippen LogP contribution in [-0.4, -0.2) is 22.9 Å². The number of thioether (sulfide) groups is 1. The smallest absolute Gasteiger partial charge is 0.123 e. The van der Waals surface area contributed by atoms with Crippen molar-refractivity contribution in [2.45, 2.75) is 18.4 Å². The largest absolute Gasteiger partial charge is 0.330 e. The molecule has 3 nitrogen and oxygen atoms in total. The lowest BCUT2D eigenvalue weighted by Crippen LogP contribution is -2.10. The summed E-state index contributed by atoms with van der Waals surface area (Å²) in [5, 5.41) is 3.15. The summed E-state index contributed by atoms with van der Waals surface area (Å²) in [6.45, 7) is 2.86. The van der Waals surface area contributed by atoms with Crippen LogP contribution in [0.25, 0.3) is 11.3 Å². The molecule has 0 atom stereocenters. The van der Waals surface area contributed by atoms with Crippen LogP contribution in [0, 0.1) is 6.92 Å². The van der Waals surface area contributed by atoms with Gasteiger partial charge in [-0.1, -0.05) is 12.1 Å². The molecule has 1 aromatic heterocycles.